The molecular formula is C11H9F3N2. The fraction of sp³-hybridized carbons (Fsp3) is 0.0909. The van der Waals surface area contributed by atoms with Gasteiger partial charge in [-0.1, -0.05) is 12.1 Å². The van der Waals surface area contributed by atoms with Crippen molar-refractivity contribution in [3.05, 3.63) is 42.1 Å². The Bertz CT molecular complexity index is 500. The van der Waals surface area contributed by atoms with E-state index in [1.165, 1.54) is 6.07 Å². The molecule has 2 nitrogen and oxygen atoms in total. The molecule has 0 atom stereocenters. The summed E-state index contributed by atoms with van der Waals surface area (Å²) in [6.45, 7) is 0. The minimum Gasteiger partial charge on any atom is -0.385 e. The van der Waals surface area contributed by atoms with Gasteiger partial charge in [0.25, 0.3) is 0 Å². The molecule has 1 heterocycles. The summed E-state index contributed by atoms with van der Waals surface area (Å²) < 4.78 is 37.4. The lowest BCUT2D eigenvalue weighted by molar-refractivity contribution is -0.137. The summed E-state index contributed by atoms with van der Waals surface area (Å²) in [5.41, 5.74) is 5.93. The molecule has 2 rings (SSSR count). The number of benzene rings is 1. The number of halogens is 3. The molecular weight excluding hydrogens is 217 g/mol. The van der Waals surface area contributed by atoms with Crippen molar-refractivity contribution in [2.75, 3.05) is 5.73 Å². The average Bonchev–Trinajstić information content (AvgIpc) is 2.64. The molecule has 1 aromatic carbocycles. The summed E-state index contributed by atoms with van der Waals surface area (Å²) in [4.78, 5) is 2.72. The van der Waals surface area contributed by atoms with Gasteiger partial charge in [0.05, 0.1) is 5.56 Å². The van der Waals surface area contributed by atoms with E-state index < -0.39 is 11.7 Å². The van der Waals surface area contributed by atoms with E-state index in [0.717, 1.165) is 12.1 Å². The first-order valence-corrected chi connectivity index (χ1v) is 4.58. The standard InChI is InChI=1S/C11H9F3N2/c12-11(13,14)9-3-1-2-7(4-9)8-5-10(15)16-6-8/h1-6,16H,15H2. The van der Waals surface area contributed by atoms with Gasteiger partial charge in [0, 0.05) is 11.8 Å². The topological polar surface area (TPSA) is 41.8 Å². The second-order valence-corrected chi connectivity index (χ2v) is 3.42. The number of H-pyrrole nitrogens is 1. The SMILES string of the molecule is Nc1cc(-c2cccc(C(F)(F)F)c2)c[nH]1. The molecule has 5 heteroatoms. The molecule has 0 spiro atoms. The zero-order chi connectivity index (χ0) is 11.8. The van der Waals surface area contributed by atoms with Crippen LogP contribution in [0.3, 0.4) is 0 Å². The Morgan fingerprint density at radius 3 is 2.38 bits per heavy atom. The van der Waals surface area contributed by atoms with E-state index >= 15 is 0 Å². The zero-order valence-corrected chi connectivity index (χ0v) is 8.18. The predicted molar refractivity (Wildman–Crippen MR) is 55.6 cm³/mol. The minimum atomic E-state index is -4.32. The first-order valence-electron chi connectivity index (χ1n) is 4.58. The maximum Gasteiger partial charge on any atom is 0.416 e. The van der Waals surface area contributed by atoms with Gasteiger partial charge >= 0.3 is 6.18 Å². The number of rotatable bonds is 1. The third-order valence-electron chi connectivity index (χ3n) is 2.23. The van der Waals surface area contributed by atoms with E-state index in [-0.39, 0.29) is 0 Å². The summed E-state index contributed by atoms with van der Waals surface area (Å²) in [5, 5.41) is 0. The Balaban J connectivity index is 2.44. The second kappa shape index (κ2) is 3.59. The zero-order valence-electron chi connectivity index (χ0n) is 8.18. The number of hydrogen-bond donors (Lipinski definition) is 2. The number of nitrogens with two attached hydrogens (primary N) is 1. The fourth-order valence-corrected chi connectivity index (χ4v) is 1.45. The van der Waals surface area contributed by atoms with Gasteiger partial charge in [0.1, 0.15) is 5.82 Å². The van der Waals surface area contributed by atoms with Crippen LogP contribution >= 0.6 is 0 Å². The Kier molecular flexibility index (Phi) is 2.38. The van der Waals surface area contributed by atoms with E-state index in [2.05, 4.69) is 4.98 Å². The van der Waals surface area contributed by atoms with Crippen LogP contribution in [0.1, 0.15) is 5.56 Å². The lowest BCUT2D eigenvalue weighted by Gasteiger charge is -2.07. The molecule has 0 saturated heterocycles. The third-order valence-corrected chi connectivity index (χ3v) is 2.23. The Labute approximate surface area is 89.9 Å². The molecule has 0 aliphatic rings. The molecule has 16 heavy (non-hydrogen) atoms. The van der Waals surface area contributed by atoms with Gasteiger partial charge < -0.3 is 10.7 Å². The van der Waals surface area contributed by atoms with Gasteiger partial charge in [-0.2, -0.15) is 13.2 Å². The summed E-state index contributed by atoms with van der Waals surface area (Å²) in [5.74, 6) is 0.424. The Hall–Kier alpha value is -1.91. The largest absolute Gasteiger partial charge is 0.416 e. The first-order chi connectivity index (χ1) is 7.47. The second-order valence-electron chi connectivity index (χ2n) is 3.42. The van der Waals surface area contributed by atoms with Crippen LogP contribution in [0.15, 0.2) is 36.5 Å². The van der Waals surface area contributed by atoms with Crippen LogP contribution < -0.4 is 5.73 Å². The van der Waals surface area contributed by atoms with Crippen LogP contribution in [0.25, 0.3) is 11.1 Å². The number of aromatic nitrogens is 1. The minimum absolute atomic E-state index is 0.424. The molecule has 0 aliphatic heterocycles. The van der Waals surface area contributed by atoms with E-state index in [1.54, 1.807) is 18.3 Å². The van der Waals surface area contributed by atoms with Crippen LogP contribution in [0.2, 0.25) is 0 Å². The summed E-state index contributed by atoms with van der Waals surface area (Å²) >= 11 is 0. The number of alkyl halides is 3. The number of nitrogen functional groups attached to an aromatic ring is 1. The highest BCUT2D eigenvalue weighted by atomic mass is 19.4. The van der Waals surface area contributed by atoms with Crippen LogP contribution in [0, 0.1) is 0 Å². The number of aromatic amines is 1. The van der Waals surface area contributed by atoms with Crippen molar-refractivity contribution >= 4 is 5.82 Å². The number of hydrogen-bond acceptors (Lipinski definition) is 1. The van der Waals surface area contributed by atoms with Crippen molar-refractivity contribution in [1.29, 1.82) is 0 Å². The van der Waals surface area contributed by atoms with Crippen molar-refractivity contribution in [1.82, 2.24) is 4.98 Å². The highest BCUT2D eigenvalue weighted by Crippen LogP contribution is 2.32. The summed E-state index contributed by atoms with van der Waals surface area (Å²) in [7, 11) is 0. The lowest BCUT2D eigenvalue weighted by Crippen LogP contribution is -2.04. The van der Waals surface area contributed by atoms with Crippen molar-refractivity contribution in [3.8, 4) is 11.1 Å². The van der Waals surface area contributed by atoms with Crippen LogP contribution in [-0.4, -0.2) is 4.98 Å². The third kappa shape index (κ3) is 2.03. The van der Waals surface area contributed by atoms with Crippen molar-refractivity contribution in [2.45, 2.75) is 6.18 Å². The van der Waals surface area contributed by atoms with Crippen molar-refractivity contribution in [2.24, 2.45) is 0 Å². The molecule has 0 radical (unpaired) electrons. The molecule has 84 valence electrons. The molecule has 2 aromatic rings. The normalized spacial score (nSPS) is 11.7. The van der Waals surface area contributed by atoms with Crippen LogP contribution in [0.5, 0.6) is 0 Å². The maximum absolute atomic E-state index is 12.5. The van der Waals surface area contributed by atoms with Crippen molar-refractivity contribution < 1.29 is 13.2 Å². The van der Waals surface area contributed by atoms with Crippen LogP contribution in [0.4, 0.5) is 19.0 Å². The van der Waals surface area contributed by atoms with E-state index in [4.69, 9.17) is 5.73 Å². The van der Waals surface area contributed by atoms with E-state index in [1.807, 2.05) is 0 Å². The summed E-state index contributed by atoms with van der Waals surface area (Å²) in [6.07, 6.45) is -2.75. The van der Waals surface area contributed by atoms with Gasteiger partial charge in [0.2, 0.25) is 0 Å². The van der Waals surface area contributed by atoms with E-state index in [9.17, 15) is 13.2 Å². The van der Waals surface area contributed by atoms with Gasteiger partial charge in [-0.25, -0.2) is 0 Å². The Morgan fingerprint density at radius 1 is 1.06 bits per heavy atom. The van der Waals surface area contributed by atoms with Crippen LogP contribution in [-0.2, 0) is 6.18 Å². The van der Waals surface area contributed by atoms with E-state index in [0.29, 0.717) is 16.9 Å². The average molecular weight is 226 g/mol. The molecule has 0 aliphatic carbocycles. The summed E-state index contributed by atoms with van der Waals surface area (Å²) in [6, 6.07) is 6.72. The predicted octanol–water partition coefficient (Wildman–Crippen LogP) is 3.28. The smallest absolute Gasteiger partial charge is 0.385 e. The lowest BCUT2D eigenvalue weighted by atomic mass is 10.1. The Morgan fingerprint density at radius 2 is 1.81 bits per heavy atom. The van der Waals surface area contributed by atoms with Crippen molar-refractivity contribution in [3.63, 3.8) is 0 Å². The highest BCUT2D eigenvalue weighted by molar-refractivity contribution is 5.67. The molecule has 0 unspecified atom stereocenters. The maximum atomic E-state index is 12.5. The molecule has 1 aromatic heterocycles. The fourth-order valence-electron chi connectivity index (χ4n) is 1.45. The van der Waals surface area contributed by atoms with Gasteiger partial charge in [-0.15, -0.1) is 0 Å². The first kappa shape index (κ1) is 10.6. The molecule has 0 amide bonds. The molecule has 3 N–H and O–H groups in total. The molecule has 0 fully saturated rings. The monoisotopic (exact) mass is 226 g/mol. The quantitative estimate of drug-likeness (QED) is 0.769. The molecule has 0 saturated carbocycles. The number of nitrogens with one attached hydrogen (secondary N) is 1. The number of anilines is 1. The van der Waals surface area contributed by atoms with Gasteiger partial charge in [0.15, 0.2) is 0 Å². The molecule has 0 bridgehead atoms. The highest BCUT2D eigenvalue weighted by Gasteiger charge is 2.30. The van der Waals surface area contributed by atoms with Gasteiger partial charge in [-0.05, 0) is 23.8 Å². The van der Waals surface area contributed by atoms with Gasteiger partial charge in [-0.3, -0.25) is 0 Å².